The van der Waals surface area contributed by atoms with Crippen molar-refractivity contribution in [2.24, 2.45) is 5.92 Å². The van der Waals surface area contributed by atoms with Crippen molar-refractivity contribution in [3.05, 3.63) is 54.4 Å². The van der Waals surface area contributed by atoms with Crippen LogP contribution in [-0.4, -0.2) is 66.1 Å². The Kier molecular flexibility index (Phi) is 5.35. The highest BCUT2D eigenvalue weighted by Gasteiger charge is 2.23. The number of carbonyl (C=O) groups is 1. The van der Waals surface area contributed by atoms with E-state index in [1.54, 1.807) is 30.9 Å². The number of nitrogens with zero attached hydrogens (tertiary/aromatic N) is 7. The molecule has 3 N–H and O–H groups in total. The minimum atomic E-state index is 0.0121. The van der Waals surface area contributed by atoms with E-state index in [4.69, 9.17) is 6.57 Å². The molecule has 0 unspecified atom stereocenters. The van der Waals surface area contributed by atoms with Gasteiger partial charge in [-0.3, -0.25) is 14.9 Å². The summed E-state index contributed by atoms with van der Waals surface area (Å²) in [5.74, 6) is 0.565. The zero-order chi connectivity index (χ0) is 24.6. The van der Waals surface area contributed by atoms with Gasteiger partial charge in [0.1, 0.15) is 5.69 Å². The number of fused-ring (bicyclic) bond motifs is 2. The van der Waals surface area contributed by atoms with Crippen LogP contribution in [0.25, 0.3) is 49.7 Å². The molecule has 0 spiro atoms. The Balaban J connectivity index is 1.31. The molecule has 0 radical (unpaired) electrons. The number of hydrogen-bond donors (Lipinski definition) is 3. The summed E-state index contributed by atoms with van der Waals surface area (Å²) in [4.78, 5) is 39.4. The van der Waals surface area contributed by atoms with Crippen LogP contribution in [-0.2, 0) is 4.79 Å². The number of aromatic nitrogens is 7. The molecule has 1 amide bonds. The standard InChI is InChI=1S/C25H22N10O/c1-26-19-3-6-28-23-21(19)31-24(32-23)20-18-10-16(12-29-22(18)34-33-20)15-9-17(13-27-11-15)30-25(36)14-4-7-35(2)8-5-14/h3,6,9-14H,4-5,7-8H2,2H3,(H,30,36)(H,28,31,32)(H,29,33,34). The first-order chi connectivity index (χ1) is 17.6. The fourth-order valence-corrected chi connectivity index (χ4v) is 4.53. The van der Waals surface area contributed by atoms with Crippen LogP contribution in [0.15, 0.2) is 43.0 Å². The van der Waals surface area contributed by atoms with Crippen LogP contribution in [0.3, 0.4) is 0 Å². The van der Waals surface area contributed by atoms with E-state index in [1.165, 1.54) is 0 Å². The van der Waals surface area contributed by atoms with Gasteiger partial charge in [-0.15, -0.1) is 0 Å². The maximum Gasteiger partial charge on any atom is 0.227 e. The summed E-state index contributed by atoms with van der Waals surface area (Å²) in [6.07, 6.45) is 8.39. The van der Waals surface area contributed by atoms with E-state index in [0.29, 0.717) is 39.7 Å². The molecule has 1 saturated heterocycles. The molecule has 5 aromatic rings. The Morgan fingerprint density at radius 2 is 1.97 bits per heavy atom. The first kappa shape index (κ1) is 21.8. The smallest absolute Gasteiger partial charge is 0.227 e. The second kappa shape index (κ2) is 8.83. The number of H-pyrrole nitrogens is 2. The summed E-state index contributed by atoms with van der Waals surface area (Å²) in [6, 6.07) is 5.50. The number of carbonyl (C=O) groups excluding carboxylic acids is 1. The molecule has 0 atom stereocenters. The number of anilines is 1. The lowest BCUT2D eigenvalue weighted by Gasteiger charge is -2.28. The third kappa shape index (κ3) is 3.93. The van der Waals surface area contributed by atoms with Crippen LogP contribution in [0, 0.1) is 12.5 Å². The largest absolute Gasteiger partial charge is 0.345 e. The molecule has 1 aliphatic heterocycles. The van der Waals surface area contributed by atoms with E-state index in [2.05, 4.69) is 57.2 Å². The van der Waals surface area contributed by atoms with Gasteiger partial charge in [0.15, 0.2) is 17.1 Å². The van der Waals surface area contributed by atoms with Gasteiger partial charge in [0, 0.05) is 35.6 Å². The Morgan fingerprint density at radius 1 is 1.14 bits per heavy atom. The number of imidazole rings is 1. The highest BCUT2D eigenvalue weighted by Crippen LogP contribution is 2.31. The quantitative estimate of drug-likeness (QED) is 0.335. The summed E-state index contributed by atoms with van der Waals surface area (Å²) in [7, 11) is 2.08. The van der Waals surface area contributed by atoms with Gasteiger partial charge in [-0.1, -0.05) is 0 Å². The zero-order valence-electron chi connectivity index (χ0n) is 19.5. The van der Waals surface area contributed by atoms with E-state index in [0.717, 1.165) is 42.4 Å². The first-order valence-corrected chi connectivity index (χ1v) is 11.6. The van der Waals surface area contributed by atoms with Crippen molar-refractivity contribution in [1.82, 2.24) is 40.0 Å². The van der Waals surface area contributed by atoms with Crippen LogP contribution in [0.2, 0.25) is 0 Å². The Hall–Kier alpha value is -4.69. The number of rotatable bonds is 4. The van der Waals surface area contributed by atoms with Crippen molar-refractivity contribution >= 4 is 39.5 Å². The summed E-state index contributed by atoms with van der Waals surface area (Å²) in [5.41, 5.74) is 4.96. The monoisotopic (exact) mass is 478 g/mol. The molecule has 0 aromatic carbocycles. The van der Waals surface area contributed by atoms with Gasteiger partial charge in [-0.2, -0.15) is 5.10 Å². The molecule has 11 heteroatoms. The summed E-state index contributed by atoms with van der Waals surface area (Å²) >= 11 is 0. The fraction of sp³-hybridized carbons (Fsp3) is 0.240. The van der Waals surface area contributed by atoms with Crippen molar-refractivity contribution < 1.29 is 4.79 Å². The second-order valence-electron chi connectivity index (χ2n) is 8.95. The maximum absolute atomic E-state index is 12.8. The van der Waals surface area contributed by atoms with Crippen LogP contribution in [0.1, 0.15) is 12.8 Å². The van der Waals surface area contributed by atoms with Crippen LogP contribution >= 0.6 is 0 Å². The Bertz CT molecular complexity index is 1640. The topological polar surface area (TPSA) is 133 Å². The number of amides is 1. The summed E-state index contributed by atoms with van der Waals surface area (Å²) in [5, 5.41) is 11.1. The molecule has 1 aliphatic rings. The molecular weight excluding hydrogens is 456 g/mol. The third-order valence-corrected chi connectivity index (χ3v) is 6.57. The minimum Gasteiger partial charge on any atom is -0.345 e. The molecule has 5 aromatic heterocycles. The van der Waals surface area contributed by atoms with Crippen molar-refractivity contribution in [3.63, 3.8) is 0 Å². The lowest BCUT2D eigenvalue weighted by molar-refractivity contribution is -0.121. The third-order valence-electron chi connectivity index (χ3n) is 6.57. The van der Waals surface area contributed by atoms with Crippen molar-refractivity contribution in [3.8, 4) is 22.6 Å². The number of aromatic amines is 2. The van der Waals surface area contributed by atoms with Crippen LogP contribution < -0.4 is 5.32 Å². The van der Waals surface area contributed by atoms with Gasteiger partial charge < -0.3 is 15.2 Å². The molecule has 0 aliphatic carbocycles. The number of pyridine rings is 3. The van der Waals surface area contributed by atoms with E-state index < -0.39 is 0 Å². The van der Waals surface area contributed by atoms with Crippen molar-refractivity contribution in [2.75, 3.05) is 25.5 Å². The number of hydrogen-bond acceptors (Lipinski definition) is 7. The van der Waals surface area contributed by atoms with Crippen LogP contribution in [0.4, 0.5) is 11.4 Å². The number of nitrogens with one attached hydrogen (secondary N) is 3. The average Bonchev–Trinajstić information content (AvgIpc) is 3.52. The normalized spacial score (nSPS) is 14.8. The zero-order valence-corrected chi connectivity index (χ0v) is 19.5. The minimum absolute atomic E-state index is 0.0121. The van der Waals surface area contributed by atoms with Gasteiger partial charge in [0.2, 0.25) is 11.6 Å². The van der Waals surface area contributed by atoms with Gasteiger partial charge in [0.25, 0.3) is 0 Å². The molecule has 0 saturated carbocycles. The molecule has 6 rings (SSSR count). The lowest BCUT2D eigenvalue weighted by atomic mass is 9.96. The van der Waals surface area contributed by atoms with E-state index in [-0.39, 0.29) is 11.8 Å². The van der Waals surface area contributed by atoms with Gasteiger partial charge in [0.05, 0.1) is 29.4 Å². The molecule has 0 bridgehead atoms. The number of likely N-dealkylation sites (tertiary alicyclic amines) is 1. The first-order valence-electron chi connectivity index (χ1n) is 11.6. The van der Waals surface area contributed by atoms with Crippen molar-refractivity contribution in [2.45, 2.75) is 12.8 Å². The average molecular weight is 479 g/mol. The van der Waals surface area contributed by atoms with Gasteiger partial charge in [-0.05, 0) is 51.2 Å². The molecule has 6 heterocycles. The maximum atomic E-state index is 12.8. The van der Waals surface area contributed by atoms with Gasteiger partial charge in [-0.25, -0.2) is 19.8 Å². The number of piperidine rings is 1. The molecule has 36 heavy (non-hydrogen) atoms. The van der Waals surface area contributed by atoms with Gasteiger partial charge >= 0.3 is 0 Å². The highest BCUT2D eigenvalue weighted by molar-refractivity contribution is 5.96. The van der Waals surface area contributed by atoms with E-state index in [9.17, 15) is 4.79 Å². The Labute approximate surface area is 205 Å². The summed E-state index contributed by atoms with van der Waals surface area (Å²) < 4.78 is 0. The molecule has 11 nitrogen and oxygen atoms in total. The lowest BCUT2D eigenvalue weighted by Crippen LogP contribution is -2.35. The second-order valence-corrected chi connectivity index (χ2v) is 8.95. The SMILES string of the molecule is [C-]#[N+]c1ccnc2nc(-c3[nH]nc4ncc(-c5cncc(NC(=O)C6CCN(C)CC6)c5)cc34)[nH]c12. The predicted molar refractivity (Wildman–Crippen MR) is 135 cm³/mol. The van der Waals surface area contributed by atoms with Crippen molar-refractivity contribution in [1.29, 1.82) is 0 Å². The molecule has 1 fully saturated rings. The van der Waals surface area contributed by atoms with Crippen LogP contribution in [0.5, 0.6) is 0 Å². The van der Waals surface area contributed by atoms with E-state index in [1.807, 2.05) is 12.1 Å². The highest BCUT2D eigenvalue weighted by atomic mass is 16.1. The Morgan fingerprint density at radius 3 is 2.81 bits per heavy atom. The summed E-state index contributed by atoms with van der Waals surface area (Å²) in [6.45, 7) is 9.23. The molecular formula is C25H22N10O. The van der Waals surface area contributed by atoms with E-state index >= 15 is 0 Å². The molecule has 178 valence electrons. The predicted octanol–water partition coefficient (Wildman–Crippen LogP) is 3.79. The fourth-order valence-electron chi connectivity index (χ4n) is 4.53.